The van der Waals surface area contributed by atoms with Crippen LogP contribution in [0.25, 0.3) is 10.1 Å². The van der Waals surface area contributed by atoms with E-state index in [1.807, 2.05) is 11.3 Å². The van der Waals surface area contributed by atoms with Crippen LogP contribution in [0.2, 0.25) is 0 Å². The Kier molecular flexibility index (Phi) is 4.97. The van der Waals surface area contributed by atoms with Crippen molar-refractivity contribution >= 4 is 21.4 Å². The number of nitrogens with one attached hydrogen (secondary N) is 1. The second-order valence-corrected chi connectivity index (χ2v) is 6.12. The first kappa shape index (κ1) is 14.5. The summed E-state index contributed by atoms with van der Waals surface area (Å²) in [6.45, 7) is 9.30. The van der Waals surface area contributed by atoms with Crippen molar-refractivity contribution in [2.75, 3.05) is 13.7 Å². The molecule has 2 aromatic rings. The average molecular weight is 277 g/mol. The van der Waals surface area contributed by atoms with Gasteiger partial charge in [-0.15, -0.1) is 11.3 Å². The van der Waals surface area contributed by atoms with Gasteiger partial charge in [-0.05, 0) is 37.9 Å². The zero-order chi connectivity index (χ0) is 13.8. The number of benzene rings is 1. The number of methoxy groups -OCH3 is 1. The molecule has 3 heteroatoms. The molecule has 0 unspecified atom stereocenters. The van der Waals surface area contributed by atoms with Crippen molar-refractivity contribution in [1.82, 2.24) is 5.32 Å². The van der Waals surface area contributed by atoms with Crippen LogP contribution in [0.15, 0.2) is 12.1 Å². The summed E-state index contributed by atoms with van der Waals surface area (Å²) in [6.07, 6.45) is 1.17. The molecule has 2 nitrogen and oxygen atoms in total. The third-order valence-electron chi connectivity index (χ3n) is 3.43. The number of hydrogen-bond acceptors (Lipinski definition) is 3. The van der Waals surface area contributed by atoms with E-state index in [-0.39, 0.29) is 0 Å². The molecule has 0 spiro atoms. The highest BCUT2D eigenvalue weighted by Gasteiger charge is 2.14. The summed E-state index contributed by atoms with van der Waals surface area (Å²) in [5.41, 5.74) is 4.09. The van der Waals surface area contributed by atoms with Crippen molar-refractivity contribution in [3.8, 4) is 0 Å². The number of thiophene rings is 1. The lowest BCUT2D eigenvalue weighted by molar-refractivity contribution is 0.185. The van der Waals surface area contributed by atoms with Crippen molar-refractivity contribution in [2.24, 2.45) is 0 Å². The van der Waals surface area contributed by atoms with Crippen molar-refractivity contribution in [3.63, 3.8) is 0 Å². The third-order valence-corrected chi connectivity index (χ3v) is 4.79. The molecule has 0 amide bonds. The fraction of sp³-hybridized carbons (Fsp3) is 0.500. The Hall–Kier alpha value is -0.900. The minimum atomic E-state index is 0.702. The van der Waals surface area contributed by atoms with Crippen LogP contribution >= 0.6 is 11.3 Å². The Labute approximate surface area is 119 Å². The summed E-state index contributed by atoms with van der Waals surface area (Å²) >= 11 is 1.91. The van der Waals surface area contributed by atoms with Crippen LogP contribution in [-0.2, 0) is 17.9 Å². The molecule has 1 heterocycles. The van der Waals surface area contributed by atoms with Gasteiger partial charge in [-0.2, -0.15) is 0 Å². The average Bonchev–Trinajstić information content (AvgIpc) is 2.75. The Bertz CT molecular complexity index is 559. The summed E-state index contributed by atoms with van der Waals surface area (Å²) in [5.74, 6) is 0. The lowest BCUT2D eigenvalue weighted by Crippen LogP contribution is -2.14. The van der Waals surface area contributed by atoms with Gasteiger partial charge in [-0.3, -0.25) is 0 Å². The van der Waals surface area contributed by atoms with E-state index < -0.39 is 0 Å². The van der Waals surface area contributed by atoms with Crippen LogP contribution in [0.1, 0.15) is 34.9 Å². The summed E-state index contributed by atoms with van der Waals surface area (Å²) in [5, 5.41) is 4.91. The molecule has 104 valence electrons. The molecule has 0 atom stereocenters. The van der Waals surface area contributed by atoms with Gasteiger partial charge in [0.25, 0.3) is 0 Å². The smallest absolute Gasteiger partial charge is 0.0730 e. The van der Waals surface area contributed by atoms with E-state index in [1.54, 1.807) is 7.11 Å². The van der Waals surface area contributed by atoms with Crippen LogP contribution in [0.5, 0.6) is 0 Å². The molecule has 0 aliphatic rings. The predicted octanol–water partition coefficient (Wildman–Crippen LogP) is 4.16. The van der Waals surface area contributed by atoms with E-state index in [0.717, 1.165) is 13.1 Å². The zero-order valence-corrected chi connectivity index (χ0v) is 13.1. The van der Waals surface area contributed by atoms with E-state index >= 15 is 0 Å². The minimum Gasteiger partial charge on any atom is -0.380 e. The van der Waals surface area contributed by atoms with Crippen LogP contribution in [-0.4, -0.2) is 13.7 Å². The first-order valence-electron chi connectivity index (χ1n) is 6.89. The van der Waals surface area contributed by atoms with Gasteiger partial charge in [0, 0.05) is 34.2 Å². The van der Waals surface area contributed by atoms with Crippen molar-refractivity contribution in [1.29, 1.82) is 0 Å². The third kappa shape index (κ3) is 2.99. The molecule has 1 aromatic carbocycles. The number of hydrogen-bond donors (Lipinski definition) is 1. The first-order chi connectivity index (χ1) is 9.19. The molecule has 1 N–H and O–H groups in total. The van der Waals surface area contributed by atoms with Gasteiger partial charge in [0.05, 0.1) is 6.61 Å². The van der Waals surface area contributed by atoms with Crippen molar-refractivity contribution < 1.29 is 4.74 Å². The standard InChI is InChI=1S/C16H23NOS/c1-5-8-17-9-14-13(10-18-4)15-11(2)6-7-12(3)16(15)19-14/h6-7,17H,5,8-10H2,1-4H3. The van der Waals surface area contributed by atoms with Gasteiger partial charge in [-0.25, -0.2) is 0 Å². The molecular weight excluding hydrogens is 254 g/mol. The highest BCUT2D eigenvalue weighted by molar-refractivity contribution is 7.19. The van der Waals surface area contributed by atoms with Gasteiger partial charge in [0.15, 0.2) is 0 Å². The van der Waals surface area contributed by atoms with Crippen LogP contribution in [0, 0.1) is 13.8 Å². The van der Waals surface area contributed by atoms with E-state index in [9.17, 15) is 0 Å². The van der Waals surface area contributed by atoms with E-state index in [4.69, 9.17) is 4.74 Å². The molecule has 19 heavy (non-hydrogen) atoms. The minimum absolute atomic E-state index is 0.702. The Morgan fingerprint density at radius 1 is 1.21 bits per heavy atom. The SMILES string of the molecule is CCCNCc1sc2c(C)ccc(C)c2c1COC. The predicted molar refractivity (Wildman–Crippen MR) is 84.0 cm³/mol. The number of fused-ring (bicyclic) bond motifs is 1. The molecule has 0 fully saturated rings. The van der Waals surface area contributed by atoms with Crippen molar-refractivity contribution in [2.45, 2.75) is 40.3 Å². The molecule has 0 radical (unpaired) electrons. The van der Waals surface area contributed by atoms with Crippen LogP contribution < -0.4 is 5.32 Å². The highest BCUT2D eigenvalue weighted by atomic mass is 32.1. The lowest BCUT2D eigenvalue weighted by Gasteiger charge is -2.06. The highest BCUT2D eigenvalue weighted by Crippen LogP contribution is 2.36. The van der Waals surface area contributed by atoms with Gasteiger partial charge in [-0.1, -0.05) is 19.1 Å². The molecule has 0 saturated heterocycles. The Morgan fingerprint density at radius 3 is 2.63 bits per heavy atom. The molecule has 0 bridgehead atoms. The summed E-state index contributed by atoms with van der Waals surface area (Å²) in [6, 6.07) is 4.43. The number of aryl methyl sites for hydroxylation is 2. The normalized spacial score (nSPS) is 11.4. The summed E-state index contributed by atoms with van der Waals surface area (Å²) in [4.78, 5) is 1.42. The summed E-state index contributed by atoms with van der Waals surface area (Å²) < 4.78 is 6.83. The topological polar surface area (TPSA) is 21.3 Å². The quantitative estimate of drug-likeness (QED) is 0.800. The Balaban J connectivity index is 2.47. The van der Waals surface area contributed by atoms with E-state index in [0.29, 0.717) is 6.61 Å². The summed E-state index contributed by atoms with van der Waals surface area (Å²) in [7, 11) is 1.78. The number of ether oxygens (including phenoxy) is 1. The molecule has 0 aliphatic carbocycles. The lowest BCUT2D eigenvalue weighted by atomic mass is 10.0. The maximum Gasteiger partial charge on any atom is 0.0730 e. The second kappa shape index (κ2) is 6.51. The first-order valence-corrected chi connectivity index (χ1v) is 7.70. The second-order valence-electron chi connectivity index (χ2n) is 5.02. The molecule has 1 aromatic heterocycles. The maximum atomic E-state index is 5.42. The van der Waals surface area contributed by atoms with Gasteiger partial charge in [0.1, 0.15) is 0 Å². The van der Waals surface area contributed by atoms with E-state index in [1.165, 1.54) is 38.1 Å². The number of rotatable bonds is 6. The van der Waals surface area contributed by atoms with Gasteiger partial charge in [0.2, 0.25) is 0 Å². The van der Waals surface area contributed by atoms with E-state index in [2.05, 4.69) is 38.2 Å². The van der Waals surface area contributed by atoms with Crippen LogP contribution in [0.3, 0.4) is 0 Å². The monoisotopic (exact) mass is 277 g/mol. The fourth-order valence-electron chi connectivity index (χ4n) is 2.43. The maximum absolute atomic E-state index is 5.42. The Morgan fingerprint density at radius 2 is 1.95 bits per heavy atom. The van der Waals surface area contributed by atoms with Gasteiger partial charge < -0.3 is 10.1 Å². The molecule has 2 rings (SSSR count). The van der Waals surface area contributed by atoms with Gasteiger partial charge >= 0.3 is 0 Å². The molecule has 0 saturated carbocycles. The fourth-order valence-corrected chi connectivity index (χ4v) is 3.75. The molecule has 0 aliphatic heterocycles. The van der Waals surface area contributed by atoms with Crippen LogP contribution in [0.4, 0.5) is 0 Å². The molecular formula is C16H23NOS. The zero-order valence-electron chi connectivity index (χ0n) is 12.3. The largest absolute Gasteiger partial charge is 0.380 e. The van der Waals surface area contributed by atoms with Crippen molar-refractivity contribution in [3.05, 3.63) is 33.7 Å².